The molecular formula is C13H18N2O5. The highest BCUT2D eigenvalue weighted by molar-refractivity contribution is 6.01. The number of piperidine rings is 1. The molecule has 2 fully saturated rings. The molecule has 2 rings (SSSR count). The Morgan fingerprint density at radius 1 is 1.25 bits per heavy atom. The second-order valence-corrected chi connectivity index (χ2v) is 5.51. The van der Waals surface area contributed by atoms with Gasteiger partial charge in [0.15, 0.2) is 0 Å². The van der Waals surface area contributed by atoms with Crippen molar-refractivity contribution in [1.29, 1.82) is 0 Å². The number of imide groups is 1. The van der Waals surface area contributed by atoms with Crippen molar-refractivity contribution in [3.05, 3.63) is 0 Å². The Balaban J connectivity index is 1.81. The SMILES string of the molecule is CC1(CCC(=O)ON2C(=O)CCC2=O)CCCC(=O)N1. The smallest absolute Gasteiger partial charge is 0.333 e. The summed E-state index contributed by atoms with van der Waals surface area (Å²) in [4.78, 5) is 50.4. The van der Waals surface area contributed by atoms with Crippen LogP contribution < -0.4 is 5.32 Å². The maximum absolute atomic E-state index is 11.7. The molecule has 0 aromatic rings. The van der Waals surface area contributed by atoms with Crippen LogP contribution in [-0.4, -0.2) is 34.3 Å². The van der Waals surface area contributed by atoms with E-state index in [1.165, 1.54) is 0 Å². The first-order valence-corrected chi connectivity index (χ1v) is 6.77. The van der Waals surface area contributed by atoms with Gasteiger partial charge in [-0.05, 0) is 26.2 Å². The molecule has 7 heteroatoms. The molecular weight excluding hydrogens is 264 g/mol. The highest BCUT2D eigenvalue weighted by Gasteiger charge is 2.34. The second-order valence-electron chi connectivity index (χ2n) is 5.51. The van der Waals surface area contributed by atoms with Crippen LogP contribution in [0.25, 0.3) is 0 Å². The molecule has 110 valence electrons. The van der Waals surface area contributed by atoms with E-state index in [9.17, 15) is 19.2 Å². The molecule has 20 heavy (non-hydrogen) atoms. The Labute approximate surface area is 116 Å². The number of hydrogen-bond acceptors (Lipinski definition) is 5. The summed E-state index contributed by atoms with van der Waals surface area (Å²) >= 11 is 0. The van der Waals surface area contributed by atoms with E-state index in [-0.39, 0.29) is 25.2 Å². The summed E-state index contributed by atoms with van der Waals surface area (Å²) in [6.07, 6.45) is 2.74. The van der Waals surface area contributed by atoms with E-state index >= 15 is 0 Å². The van der Waals surface area contributed by atoms with Crippen molar-refractivity contribution in [2.45, 2.75) is 57.4 Å². The van der Waals surface area contributed by atoms with E-state index in [0.717, 1.165) is 12.8 Å². The lowest BCUT2D eigenvalue weighted by molar-refractivity contribution is -0.197. The summed E-state index contributed by atoms with van der Waals surface area (Å²) in [6, 6.07) is 0. The monoisotopic (exact) mass is 282 g/mol. The van der Waals surface area contributed by atoms with Gasteiger partial charge in [0.2, 0.25) is 5.91 Å². The molecule has 2 aliphatic rings. The molecule has 1 N–H and O–H groups in total. The molecule has 0 radical (unpaired) electrons. The fraction of sp³-hybridized carbons (Fsp3) is 0.692. The van der Waals surface area contributed by atoms with Gasteiger partial charge in [-0.2, -0.15) is 0 Å². The zero-order chi connectivity index (χ0) is 14.8. The largest absolute Gasteiger partial charge is 0.351 e. The van der Waals surface area contributed by atoms with Crippen LogP contribution in [0.15, 0.2) is 0 Å². The summed E-state index contributed by atoms with van der Waals surface area (Å²) in [5.74, 6) is -1.62. The van der Waals surface area contributed by atoms with Crippen molar-refractivity contribution in [3.63, 3.8) is 0 Å². The fourth-order valence-electron chi connectivity index (χ4n) is 2.47. The van der Waals surface area contributed by atoms with E-state index in [4.69, 9.17) is 4.84 Å². The molecule has 0 aliphatic carbocycles. The zero-order valence-electron chi connectivity index (χ0n) is 11.4. The van der Waals surface area contributed by atoms with E-state index in [1.807, 2.05) is 6.92 Å². The molecule has 2 aliphatic heterocycles. The third kappa shape index (κ3) is 3.34. The minimum Gasteiger partial charge on any atom is -0.351 e. The molecule has 2 heterocycles. The highest BCUT2D eigenvalue weighted by Crippen LogP contribution is 2.24. The Morgan fingerprint density at radius 3 is 2.50 bits per heavy atom. The summed E-state index contributed by atoms with van der Waals surface area (Å²) in [6.45, 7) is 1.88. The number of hydroxylamine groups is 2. The molecule has 1 unspecified atom stereocenters. The lowest BCUT2D eigenvalue weighted by Gasteiger charge is -2.34. The van der Waals surface area contributed by atoms with Crippen molar-refractivity contribution in [3.8, 4) is 0 Å². The number of rotatable bonds is 4. The lowest BCUT2D eigenvalue weighted by atomic mass is 9.86. The van der Waals surface area contributed by atoms with Gasteiger partial charge in [-0.1, -0.05) is 0 Å². The van der Waals surface area contributed by atoms with Gasteiger partial charge in [-0.25, -0.2) is 4.79 Å². The van der Waals surface area contributed by atoms with Gasteiger partial charge in [-0.3, -0.25) is 14.4 Å². The third-order valence-corrected chi connectivity index (χ3v) is 3.65. The minimum absolute atomic E-state index is 0.0167. The summed E-state index contributed by atoms with van der Waals surface area (Å²) in [5, 5.41) is 3.41. The van der Waals surface area contributed by atoms with Crippen LogP contribution in [0.3, 0.4) is 0 Å². The summed E-state index contributed by atoms with van der Waals surface area (Å²) in [7, 11) is 0. The number of carbonyl (C=O) groups excluding carboxylic acids is 4. The number of amides is 3. The molecule has 2 saturated heterocycles. The quantitative estimate of drug-likeness (QED) is 0.755. The topological polar surface area (TPSA) is 92.8 Å². The van der Waals surface area contributed by atoms with Gasteiger partial charge in [-0.15, -0.1) is 5.06 Å². The number of carbonyl (C=O) groups is 4. The van der Waals surface area contributed by atoms with Gasteiger partial charge in [0.05, 0.1) is 6.42 Å². The number of nitrogens with one attached hydrogen (secondary N) is 1. The first-order chi connectivity index (χ1) is 9.39. The van der Waals surface area contributed by atoms with Crippen LogP contribution >= 0.6 is 0 Å². The molecule has 1 atom stereocenters. The Morgan fingerprint density at radius 2 is 1.90 bits per heavy atom. The average Bonchev–Trinajstić information content (AvgIpc) is 2.68. The lowest BCUT2D eigenvalue weighted by Crippen LogP contribution is -2.49. The van der Waals surface area contributed by atoms with Crippen molar-refractivity contribution in [2.75, 3.05) is 0 Å². The zero-order valence-corrected chi connectivity index (χ0v) is 11.4. The van der Waals surface area contributed by atoms with Crippen LogP contribution in [0, 0.1) is 0 Å². The summed E-state index contributed by atoms with van der Waals surface area (Å²) < 4.78 is 0. The van der Waals surface area contributed by atoms with Gasteiger partial charge in [0.1, 0.15) is 0 Å². The molecule has 3 amide bonds. The third-order valence-electron chi connectivity index (χ3n) is 3.65. The molecule has 0 spiro atoms. The van der Waals surface area contributed by atoms with Gasteiger partial charge in [0.25, 0.3) is 11.8 Å². The normalized spacial score (nSPS) is 26.6. The Kier molecular flexibility index (Phi) is 4.06. The predicted molar refractivity (Wildman–Crippen MR) is 66.8 cm³/mol. The van der Waals surface area contributed by atoms with Gasteiger partial charge in [0, 0.05) is 24.8 Å². The number of nitrogens with zero attached hydrogens (tertiary/aromatic N) is 1. The van der Waals surface area contributed by atoms with E-state index in [0.29, 0.717) is 17.9 Å². The Bertz CT molecular complexity index is 446. The van der Waals surface area contributed by atoms with Crippen molar-refractivity contribution in [1.82, 2.24) is 10.4 Å². The molecule has 0 bridgehead atoms. The van der Waals surface area contributed by atoms with E-state index < -0.39 is 23.3 Å². The van der Waals surface area contributed by atoms with E-state index in [1.54, 1.807) is 0 Å². The minimum atomic E-state index is -0.630. The molecule has 7 nitrogen and oxygen atoms in total. The first kappa shape index (κ1) is 14.5. The number of hydrogen-bond donors (Lipinski definition) is 1. The van der Waals surface area contributed by atoms with Crippen molar-refractivity contribution < 1.29 is 24.0 Å². The van der Waals surface area contributed by atoms with Crippen molar-refractivity contribution >= 4 is 23.7 Å². The predicted octanol–water partition coefficient (Wildman–Crippen LogP) is 0.433. The standard InChI is InChI=1S/C13H18N2O5/c1-13(7-2-3-9(16)14-13)8-6-12(19)20-15-10(17)4-5-11(15)18/h2-8H2,1H3,(H,14,16). The Hall–Kier alpha value is -1.92. The van der Waals surface area contributed by atoms with Crippen LogP contribution in [0.2, 0.25) is 0 Å². The van der Waals surface area contributed by atoms with Crippen LogP contribution in [0.1, 0.15) is 51.9 Å². The second kappa shape index (κ2) is 5.60. The molecule has 0 aromatic heterocycles. The maximum atomic E-state index is 11.7. The van der Waals surface area contributed by atoms with Crippen LogP contribution in [-0.2, 0) is 24.0 Å². The maximum Gasteiger partial charge on any atom is 0.333 e. The van der Waals surface area contributed by atoms with Gasteiger partial charge < -0.3 is 10.2 Å². The summed E-state index contributed by atoms with van der Waals surface area (Å²) in [5.41, 5.74) is -0.423. The van der Waals surface area contributed by atoms with E-state index in [2.05, 4.69) is 5.32 Å². The average molecular weight is 282 g/mol. The molecule has 0 saturated carbocycles. The van der Waals surface area contributed by atoms with Crippen LogP contribution in [0.4, 0.5) is 0 Å². The fourth-order valence-corrected chi connectivity index (χ4v) is 2.47. The van der Waals surface area contributed by atoms with Crippen molar-refractivity contribution in [2.24, 2.45) is 0 Å². The van der Waals surface area contributed by atoms with Gasteiger partial charge >= 0.3 is 5.97 Å². The molecule has 0 aromatic carbocycles. The first-order valence-electron chi connectivity index (χ1n) is 6.77. The highest BCUT2D eigenvalue weighted by atomic mass is 16.7. The van der Waals surface area contributed by atoms with Crippen LogP contribution in [0.5, 0.6) is 0 Å².